The van der Waals surface area contributed by atoms with Crippen LogP contribution in [-0.2, 0) is 18.7 Å². The van der Waals surface area contributed by atoms with Gasteiger partial charge in [-0.05, 0) is 84.2 Å². The lowest BCUT2D eigenvalue weighted by Crippen LogP contribution is -2.44. The van der Waals surface area contributed by atoms with Gasteiger partial charge in [-0.25, -0.2) is 4.79 Å². The fourth-order valence-corrected chi connectivity index (χ4v) is 5.08. The van der Waals surface area contributed by atoms with Gasteiger partial charge in [0, 0.05) is 0 Å². The first-order chi connectivity index (χ1) is 12.1. The summed E-state index contributed by atoms with van der Waals surface area (Å²) in [4.78, 5) is 12.4. The SMILES string of the molecule is C[SiH](C)OC(C1CCCC(COC(C)(C)C(=O)OC(C)(C)C)C1)C(C)(C)C. The monoisotopic (exact) mass is 400 g/mol. The second kappa shape index (κ2) is 9.40. The smallest absolute Gasteiger partial charge is 0.338 e. The topological polar surface area (TPSA) is 44.8 Å². The van der Waals surface area contributed by atoms with Crippen LogP contribution in [0.2, 0.25) is 13.1 Å². The van der Waals surface area contributed by atoms with Crippen molar-refractivity contribution in [2.24, 2.45) is 17.3 Å². The lowest BCUT2D eigenvalue weighted by Gasteiger charge is -2.42. The molecule has 1 saturated carbocycles. The Morgan fingerprint density at radius 1 is 1.04 bits per heavy atom. The summed E-state index contributed by atoms with van der Waals surface area (Å²) in [5.74, 6) is 0.767. The highest BCUT2D eigenvalue weighted by atomic mass is 28.3. The molecule has 0 aromatic carbocycles. The maximum absolute atomic E-state index is 12.4. The number of hydrogen-bond donors (Lipinski definition) is 0. The second-order valence-electron chi connectivity index (χ2n) is 11.1. The van der Waals surface area contributed by atoms with E-state index < -0.39 is 20.2 Å². The maximum Gasteiger partial charge on any atom is 0.338 e. The summed E-state index contributed by atoms with van der Waals surface area (Å²) >= 11 is 0. The lowest BCUT2D eigenvalue weighted by molar-refractivity contribution is -0.181. The molecule has 1 aliphatic rings. The van der Waals surface area contributed by atoms with Gasteiger partial charge >= 0.3 is 5.97 Å². The van der Waals surface area contributed by atoms with Gasteiger partial charge in [-0.15, -0.1) is 0 Å². The van der Waals surface area contributed by atoms with Crippen molar-refractivity contribution in [2.45, 2.75) is 111 Å². The van der Waals surface area contributed by atoms with Crippen molar-refractivity contribution in [1.29, 1.82) is 0 Å². The second-order valence-corrected chi connectivity index (χ2v) is 13.5. The van der Waals surface area contributed by atoms with E-state index >= 15 is 0 Å². The Labute approximate surface area is 169 Å². The van der Waals surface area contributed by atoms with E-state index in [9.17, 15) is 4.79 Å². The van der Waals surface area contributed by atoms with E-state index in [-0.39, 0.29) is 11.4 Å². The highest BCUT2D eigenvalue weighted by molar-refractivity contribution is 6.48. The Morgan fingerprint density at radius 2 is 1.63 bits per heavy atom. The van der Waals surface area contributed by atoms with Crippen LogP contribution in [0.3, 0.4) is 0 Å². The summed E-state index contributed by atoms with van der Waals surface area (Å²) in [6.07, 6.45) is 5.03. The fraction of sp³-hybridized carbons (Fsp3) is 0.955. The quantitative estimate of drug-likeness (QED) is 0.427. The molecule has 3 unspecified atom stereocenters. The van der Waals surface area contributed by atoms with E-state index in [1.54, 1.807) is 0 Å². The molecule has 0 amide bonds. The van der Waals surface area contributed by atoms with Crippen LogP contribution in [0.4, 0.5) is 0 Å². The van der Waals surface area contributed by atoms with E-state index in [0.29, 0.717) is 24.5 Å². The molecule has 3 atom stereocenters. The molecule has 160 valence electrons. The molecule has 0 spiro atoms. The van der Waals surface area contributed by atoms with Crippen molar-refractivity contribution < 1.29 is 18.7 Å². The van der Waals surface area contributed by atoms with Gasteiger partial charge in [0.2, 0.25) is 0 Å². The minimum Gasteiger partial charge on any atom is -0.458 e. The molecule has 5 heteroatoms. The first kappa shape index (κ1) is 24.6. The van der Waals surface area contributed by atoms with Gasteiger partial charge < -0.3 is 13.9 Å². The Balaban J connectivity index is 2.68. The molecule has 0 aliphatic heterocycles. The molecule has 1 aliphatic carbocycles. The Hall–Kier alpha value is -0.393. The summed E-state index contributed by atoms with van der Waals surface area (Å²) in [6.45, 7) is 21.3. The van der Waals surface area contributed by atoms with Crippen molar-refractivity contribution in [1.82, 2.24) is 0 Å². The first-order valence-corrected chi connectivity index (χ1v) is 13.4. The number of carbonyl (C=O) groups excluding carboxylic acids is 1. The molecule has 0 N–H and O–H groups in total. The third-order valence-electron chi connectivity index (χ3n) is 5.09. The fourth-order valence-electron chi connectivity index (χ4n) is 3.86. The van der Waals surface area contributed by atoms with E-state index in [2.05, 4.69) is 33.9 Å². The molecular weight excluding hydrogens is 356 g/mol. The van der Waals surface area contributed by atoms with Crippen LogP contribution in [0.15, 0.2) is 0 Å². The highest BCUT2D eigenvalue weighted by Gasteiger charge is 2.38. The van der Waals surface area contributed by atoms with Crippen LogP contribution in [0.25, 0.3) is 0 Å². The number of hydrogen-bond acceptors (Lipinski definition) is 4. The van der Waals surface area contributed by atoms with Gasteiger partial charge in [0.1, 0.15) is 5.60 Å². The lowest BCUT2D eigenvalue weighted by atomic mass is 9.72. The van der Waals surface area contributed by atoms with Crippen LogP contribution in [-0.4, -0.2) is 38.9 Å². The van der Waals surface area contributed by atoms with Crippen molar-refractivity contribution in [3.8, 4) is 0 Å². The predicted molar refractivity (Wildman–Crippen MR) is 115 cm³/mol. The number of esters is 1. The van der Waals surface area contributed by atoms with E-state index in [1.807, 2.05) is 34.6 Å². The third-order valence-corrected chi connectivity index (χ3v) is 5.93. The van der Waals surface area contributed by atoms with Crippen LogP contribution < -0.4 is 0 Å². The van der Waals surface area contributed by atoms with E-state index in [0.717, 1.165) is 12.8 Å². The molecule has 0 aromatic rings. The van der Waals surface area contributed by atoms with Crippen LogP contribution in [0, 0.1) is 17.3 Å². The molecule has 1 rings (SSSR count). The molecule has 0 radical (unpaired) electrons. The van der Waals surface area contributed by atoms with E-state index in [4.69, 9.17) is 13.9 Å². The molecular formula is C22H44O4Si. The zero-order valence-electron chi connectivity index (χ0n) is 19.5. The average molecular weight is 401 g/mol. The summed E-state index contributed by atoms with van der Waals surface area (Å²) in [5, 5.41) is 0. The van der Waals surface area contributed by atoms with Gasteiger partial charge in [-0.1, -0.05) is 27.2 Å². The van der Waals surface area contributed by atoms with Crippen molar-refractivity contribution in [3.05, 3.63) is 0 Å². The van der Waals surface area contributed by atoms with E-state index in [1.165, 1.54) is 12.8 Å². The Kier molecular flexibility index (Phi) is 8.58. The van der Waals surface area contributed by atoms with Crippen LogP contribution in [0.5, 0.6) is 0 Å². The number of carbonyl (C=O) groups is 1. The minimum absolute atomic E-state index is 0.153. The molecule has 0 aromatic heterocycles. The highest BCUT2D eigenvalue weighted by Crippen LogP contribution is 2.39. The summed E-state index contributed by atoms with van der Waals surface area (Å²) < 4.78 is 18.0. The zero-order chi connectivity index (χ0) is 21.0. The molecule has 0 saturated heterocycles. The van der Waals surface area contributed by atoms with Crippen LogP contribution >= 0.6 is 0 Å². The molecule has 27 heavy (non-hydrogen) atoms. The molecule has 1 fully saturated rings. The van der Waals surface area contributed by atoms with Crippen molar-refractivity contribution >= 4 is 15.0 Å². The normalized spacial score (nSPS) is 23.4. The number of ether oxygens (including phenoxy) is 2. The van der Waals surface area contributed by atoms with Gasteiger partial charge in [-0.3, -0.25) is 0 Å². The van der Waals surface area contributed by atoms with Crippen LogP contribution in [0.1, 0.15) is 81.1 Å². The molecule has 0 bridgehead atoms. The minimum atomic E-state index is -1.09. The summed E-state index contributed by atoms with van der Waals surface area (Å²) in [5.41, 5.74) is -1.25. The number of rotatable bonds is 7. The Bertz CT molecular complexity index is 474. The average Bonchev–Trinajstić information content (AvgIpc) is 2.48. The van der Waals surface area contributed by atoms with Gasteiger partial charge in [0.05, 0.1) is 12.7 Å². The zero-order valence-corrected chi connectivity index (χ0v) is 20.6. The van der Waals surface area contributed by atoms with Gasteiger partial charge in [-0.2, -0.15) is 0 Å². The summed E-state index contributed by atoms with van der Waals surface area (Å²) in [7, 11) is -1.09. The molecule has 4 nitrogen and oxygen atoms in total. The van der Waals surface area contributed by atoms with Gasteiger partial charge in [0.25, 0.3) is 0 Å². The predicted octanol–water partition coefficient (Wildman–Crippen LogP) is 5.34. The third kappa shape index (κ3) is 8.65. The maximum atomic E-state index is 12.4. The van der Waals surface area contributed by atoms with Crippen molar-refractivity contribution in [2.75, 3.05) is 6.61 Å². The first-order valence-electron chi connectivity index (χ1n) is 10.6. The molecule has 0 heterocycles. The Morgan fingerprint density at radius 3 is 2.11 bits per heavy atom. The van der Waals surface area contributed by atoms with Crippen molar-refractivity contribution in [3.63, 3.8) is 0 Å². The largest absolute Gasteiger partial charge is 0.458 e. The summed E-state index contributed by atoms with van der Waals surface area (Å²) in [6, 6.07) is 0. The van der Waals surface area contributed by atoms with Gasteiger partial charge in [0.15, 0.2) is 14.6 Å². The standard InChI is InChI=1S/C22H44O4Si/c1-20(2,3)18(26-27(9)10)17-13-11-12-16(14-17)15-24-22(7,8)19(23)25-21(4,5)6/h16-18,27H,11-15H2,1-10H3.